The minimum absolute atomic E-state index is 0.105. The Balaban J connectivity index is 1.64. The fourth-order valence-corrected chi connectivity index (χ4v) is 2.95. The Labute approximate surface area is 189 Å². The van der Waals surface area contributed by atoms with Gasteiger partial charge in [0.15, 0.2) is 6.61 Å². The van der Waals surface area contributed by atoms with Crippen molar-refractivity contribution in [2.75, 3.05) is 26.9 Å². The van der Waals surface area contributed by atoms with Gasteiger partial charge in [-0.25, -0.2) is 9.59 Å². The first kappa shape index (κ1) is 23.3. The first-order valence-electron chi connectivity index (χ1n) is 9.82. The number of amides is 1. The molecule has 0 atom stereocenters. The van der Waals surface area contributed by atoms with Gasteiger partial charge in [0.05, 0.1) is 0 Å². The van der Waals surface area contributed by atoms with E-state index in [0.717, 1.165) is 5.56 Å². The van der Waals surface area contributed by atoms with E-state index in [-0.39, 0.29) is 23.5 Å². The van der Waals surface area contributed by atoms with Crippen LogP contribution in [0, 0.1) is 6.92 Å². The Hall–Kier alpha value is -3.36. The van der Waals surface area contributed by atoms with Crippen LogP contribution in [0.2, 0.25) is 5.02 Å². The highest BCUT2D eigenvalue weighted by atomic mass is 35.5. The molecule has 0 aliphatic rings. The van der Waals surface area contributed by atoms with Gasteiger partial charge < -0.3 is 23.9 Å². The standard InChI is InChI=1S/C23H22ClNO7/c1-14-10-16(6-7-19(14)24)30-13-21(26)31-17-5-4-15-11-18(23(28)32-20(15)12-17)22(27)25-8-3-9-29-2/h4-7,10-12H,3,8-9,13H2,1-2H3,(H,25,27). The summed E-state index contributed by atoms with van der Waals surface area (Å²) in [5.41, 5.74) is 0.119. The van der Waals surface area contributed by atoms with Crippen molar-refractivity contribution < 1.29 is 28.2 Å². The summed E-state index contributed by atoms with van der Waals surface area (Å²) in [5.74, 6) is -0.493. The number of halogens is 1. The molecule has 0 saturated heterocycles. The Bertz CT molecular complexity index is 1190. The molecule has 0 aliphatic carbocycles. The Kier molecular flexibility index (Phi) is 7.86. The average molecular weight is 460 g/mol. The maximum Gasteiger partial charge on any atom is 0.349 e. The lowest BCUT2D eigenvalue weighted by molar-refractivity contribution is -0.136. The molecule has 32 heavy (non-hydrogen) atoms. The first-order chi connectivity index (χ1) is 15.4. The molecule has 0 radical (unpaired) electrons. The maximum atomic E-state index is 12.2. The molecule has 1 aromatic heterocycles. The third kappa shape index (κ3) is 6.09. The topological polar surface area (TPSA) is 104 Å². The van der Waals surface area contributed by atoms with Crippen LogP contribution >= 0.6 is 11.6 Å². The second kappa shape index (κ2) is 10.8. The highest BCUT2D eigenvalue weighted by Gasteiger charge is 2.15. The predicted molar refractivity (Wildman–Crippen MR) is 119 cm³/mol. The summed E-state index contributed by atoms with van der Waals surface area (Å²) in [6.45, 7) is 2.38. The molecule has 0 bridgehead atoms. The fourth-order valence-electron chi connectivity index (χ4n) is 2.84. The van der Waals surface area contributed by atoms with Crippen LogP contribution in [0.5, 0.6) is 11.5 Å². The number of fused-ring (bicyclic) bond motifs is 1. The Morgan fingerprint density at radius 2 is 1.88 bits per heavy atom. The number of carbonyl (C=O) groups excluding carboxylic acids is 2. The Morgan fingerprint density at radius 3 is 2.62 bits per heavy atom. The molecule has 1 N–H and O–H groups in total. The van der Waals surface area contributed by atoms with Crippen molar-refractivity contribution in [1.82, 2.24) is 5.32 Å². The van der Waals surface area contributed by atoms with Gasteiger partial charge in [-0.1, -0.05) is 11.6 Å². The largest absolute Gasteiger partial charge is 0.482 e. The predicted octanol–water partition coefficient (Wildman–Crippen LogP) is 3.51. The minimum Gasteiger partial charge on any atom is -0.482 e. The normalized spacial score (nSPS) is 10.7. The van der Waals surface area contributed by atoms with Crippen LogP contribution in [0.3, 0.4) is 0 Å². The maximum absolute atomic E-state index is 12.2. The second-order valence-electron chi connectivity index (χ2n) is 6.92. The number of benzene rings is 2. The molecule has 0 unspecified atom stereocenters. The smallest absolute Gasteiger partial charge is 0.349 e. The number of hydrogen-bond acceptors (Lipinski definition) is 7. The summed E-state index contributed by atoms with van der Waals surface area (Å²) in [4.78, 5) is 36.5. The summed E-state index contributed by atoms with van der Waals surface area (Å²) in [7, 11) is 1.57. The van der Waals surface area contributed by atoms with Gasteiger partial charge in [-0.15, -0.1) is 0 Å². The third-order valence-corrected chi connectivity index (χ3v) is 4.90. The molecule has 3 rings (SSSR count). The molecule has 0 fully saturated rings. The number of carbonyl (C=O) groups is 2. The molecule has 2 aromatic carbocycles. The van der Waals surface area contributed by atoms with Crippen molar-refractivity contribution in [3.8, 4) is 11.5 Å². The lowest BCUT2D eigenvalue weighted by Crippen LogP contribution is -2.29. The molecule has 0 aliphatic heterocycles. The molecule has 8 nitrogen and oxygen atoms in total. The van der Waals surface area contributed by atoms with E-state index in [0.29, 0.717) is 35.7 Å². The SMILES string of the molecule is COCCCNC(=O)c1cc2ccc(OC(=O)COc3ccc(Cl)c(C)c3)cc2oc1=O. The van der Waals surface area contributed by atoms with Crippen LogP contribution in [0.1, 0.15) is 22.3 Å². The summed E-state index contributed by atoms with van der Waals surface area (Å²) in [6, 6.07) is 11.0. The van der Waals surface area contributed by atoms with Crippen molar-refractivity contribution in [3.05, 3.63) is 69.0 Å². The van der Waals surface area contributed by atoms with E-state index in [4.69, 9.17) is 30.2 Å². The van der Waals surface area contributed by atoms with Gasteiger partial charge in [0, 0.05) is 36.7 Å². The number of ether oxygens (including phenoxy) is 3. The van der Waals surface area contributed by atoms with Crippen LogP contribution < -0.4 is 20.4 Å². The van der Waals surface area contributed by atoms with Gasteiger partial charge in [-0.3, -0.25) is 4.79 Å². The molecule has 3 aromatic rings. The van der Waals surface area contributed by atoms with Crippen LogP contribution in [0.25, 0.3) is 11.0 Å². The molecule has 0 spiro atoms. The molecular weight excluding hydrogens is 438 g/mol. The molecule has 9 heteroatoms. The summed E-state index contributed by atoms with van der Waals surface area (Å²) in [5, 5.41) is 3.76. The monoisotopic (exact) mass is 459 g/mol. The van der Waals surface area contributed by atoms with Crippen LogP contribution in [0.4, 0.5) is 0 Å². The van der Waals surface area contributed by atoms with Crippen LogP contribution in [0.15, 0.2) is 51.7 Å². The van der Waals surface area contributed by atoms with E-state index in [9.17, 15) is 14.4 Å². The molecule has 1 heterocycles. The third-order valence-electron chi connectivity index (χ3n) is 4.48. The molecule has 0 saturated carbocycles. The lowest BCUT2D eigenvalue weighted by atomic mass is 10.1. The average Bonchev–Trinajstić information content (AvgIpc) is 2.77. The van der Waals surface area contributed by atoms with Crippen molar-refractivity contribution in [2.45, 2.75) is 13.3 Å². The quantitative estimate of drug-likeness (QED) is 0.226. The summed E-state index contributed by atoms with van der Waals surface area (Å²) >= 11 is 5.97. The zero-order valence-corrected chi connectivity index (χ0v) is 18.4. The van der Waals surface area contributed by atoms with E-state index in [2.05, 4.69) is 5.32 Å². The summed E-state index contributed by atoms with van der Waals surface area (Å²) in [6.07, 6.45) is 0.622. The van der Waals surface area contributed by atoms with Gasteiger partial charge in [0.2, 0.25) is 0 Å². The number of esters is 1. The first-order valence-corrected chi connectivity index (χ1v) is 10.2. The van der Waals surface area contributed by atoms with Crippen molar-refractivity contribution >= 4 is 34.4 Å². The number of rotatable bonds is 9. The number of hydrogen-bond donors (Lipinski definition) is 1. The molecule has 1 amide bonds. The van der Waals surface area contributed by atoms with Crippen molar-refractivity contribution in [1.29, 1.82) is 0 Å². The van der Waals surface area contributed by atoms with E-state index in [1.54, 1.807) is 31.4 Å². The van der Waals surface area contributed by atoms with Crippen molar-refractivity contribution in [3.63, 3.8) is 0 Å². The van der Waals surface area contributed by atoms with Gasteiger partial charge in [0.1, 0.15) is 22.6 Å². The van der Waals surface area contributed by atoms with E-state index < -0.39 is 17.5 Å². The van der Waals surface area contributed by atoms with Crippen LogP contribution in [-0.4, -0.2) is 38.7 Å². The summed E-state index contributed by atoms with van der Waals surface area (Å²) < 4.78 is 20.8. The lowest BCUT2D eigenvalue weighted by Gasteiger charge is -2.09. The number of aryl methyl sites for hydroxylation is 1. The Morgan fingerprint density at radius 1 is 1.09 bits per heavy atom. The zero-order valence-electron chi connectivity index (χ0n) is 17.6. The highest BCUT2D eigenvalue weighted by molar-refractivity contribution is 6.31. The van der Waals surface area contributed by atoms with E-state index in [1.807, 2.05) is 6.92 Å². The fraction of sp³-hybridized carbons (Fsp3) is 0.261. The van der Waals surface area contributed by atoms with Gasteiger partial charge in [-0.05, 0) is 55.3 Å². The van der Waals surface area contributed by atoms with E-state index in [1.165, 1.54) is 18.2 Å². The van der Waals surface area contributed by atoms with Crippen LogP contribution in [-0.2, 0) is 9.53 Å². The molecular formula is C23H22ClNO7. The second-order valence-corrected chi connectivity index (χ2v) is 7.33. The van der Waals surface area contributed by atoms with Gasteiger partial charge in [0.25, 0.3) is 5.91 Å². The number of nitrogens with one attached hydrogen (secondary N) is 1. The van der Waals surface area contributed by atoms with Gasteiger partial charge >= 0.3 is 11.6 Å². The number of methoxy groups -OCH3 is 1. The molecule has 168 valence electrons. The van der Waals surface area contributed by atoms with Gasteiger partial charge in [-0.2, -0.15) is 0 Å². The zero-order chi connectivity index (χ0) is 23.1. The van der Waals surface area contributed by atoms with E-state index >= 15 is 0 Å². The highest BCUT2D eigenvalue weighted by Crippen LogP contribution is 2.22. The minimum atomic E-state index is -0.786. The van der Waals surface area contributed by atoms with Crippen molar-refractivity contribution in [2.24, 2.45) is 0 Å².